The first-order valence-electron chi connectivity index (χ1n) is 4.38. The van der Waals surface area contributed by atoms with E-state index in [0.717, 1.165) is 12.0 Å². The maximum Gasteiger partial charge on any atom is 0.141 e. The number of nitrogens with two attached hydrogens (primary N) is 1. The fourth-order valence-electron chi connectivity index (χ4n) is 1.07. The number of phenols is 1. The first kappa shape index (κ1) is 10.9. The summed E-state index contributed by atoms with van der Waals surface area (Å²) in [6, 6.07) is 5.31. The fraction of sp³-hybridized carbons (Fsp3) is 0.300. The molecule has 0 amide bonds. The molecule has 0 heterocycles. The Hall–Kier alpha value is -1.22. The van der Waals surface area contributed by atoms with Gasteiger partial charge in [0.05, 0.1) is 5.88 Å². The van der Waals surface area contributed by atoms with Gasteiger partial charge in [-0.3, -0.25) is 0 Å². The van der Waals surface area contributed by atoms with Crippen LogP contribution in [0.5, 0.6) is 5.75 Å². The SMILES string of the molecule is CCc1ccc(N=C(N)CCl)c(O)c1. The lowest BCUT2D eigenvalue weighted by Gasteiger charge is -2.02. The van der Waals surface area contributed by atoms with Crippen LogP contribution in [0, 0.1) is 0 Å². The Labute approximate surface area is 88.2 Å². The third-order valence-electron chi connectivity index (χ3n) is 1.85. The zero-order chi connectivity index (χ0) is 10.6. The van der Waals surface area contributed by atoms with E-state index < -0.39 is 0 Å². The van der Waals surface area contributed by atoms with E-state index in [1.165, 1.54) is 0 Å². The average molecular weight is 213 g/mol. The van der Waals surface area contributed by atoms with Crippen LogP contribution in [-0.4, -0.2) is 16.8 Å². The Balaban J connectivity index is 3.00. The number of phenolic OH excluding ortho intramolecular Hbond substituents is 1. The van der Waals surface area contributed by atoms with Crippen LogP contribution >= 0.6 is 11.6 Å². The molecule has 0 aliphatic carbocycles. The van der Waals surface area contributed by atoms with E-state index in [9.17, 15) is 5.11 Å². The van der Waals surface area contributed by atoms with Gasteiger partial charge in [-0.15, -0.1) is 11.6 Å². The minimum Gasteiger partial charge on any atom is -0.506 e. The molecule has 0 fully saturated rings. The van der Waals surface area contributed by atoms with Gasteiger partial charge in [0, 0.05) is 0 Å². The van der Waals surface area contributed by atoms with Crippen molar-refractivity contribution in [2.24, 2.45) is 10.7 Å². The summed E-state index contributed by atoms with van der Waals surface area (Å²) in [5.74, 6) is 0.596. The number of hydrogen-bond acceptors (Lipinski definition) is 2. The molecular formula is C10H13ClN2O. The van der Waals surface area contributed by atoms with E-state index >= 15 is 0 Å². The van der Waals surface area contributed by atoms with Crippen molar-refractivity contribution in [3.63, 3.8) is 0 Å². The smallest absolute Gasteiger partial charge is 0.141 e. The second kappa shape index (κ2) is 4.86. The summed E-state index contributed by atoms with van der Waals surface area (Å²) >= 11 is 5.48. The normalized spacial score (nSPS) is 11.7. The molecule has 0 aromatic heterocycles. The molecule has 0 saturated heterocycles. The summed E-state index contributed by atoms with van der Waals surface area (Å²) < 4.78 is 0. The number of aromatic hydroxyl groups is 1. The number of halogens is 1. The molecule has 3 N–H and O–H groups in total. The highest BCUT2D eigenvalue weighted by Crippen LogP contribution is 2.27. The molecule has 0 aliphatic heterocycles. The van der Waals surface area contributed by atoms with Crippen molar-refractivity contribution in [1.82, 2.24) is 0 Å². The predicted molar refractivity (Wildman–Crippen MR) is 59.5 cm³/mol. The third-order valence-corrected chi connectivity index (χ3v) is 2.12. The molecule has 1 rings (SSSR count). The van der Waals surface area contributed by atoms with Gasteiger partial charge in [0.1, 0.15) is 17.3 Å². The van der Waals surface area contributed by atoms with Crippen LogP contribution < -0.4 is 5.73 Å². The molecule has 3 nitrogen and oxygen atoms in total. The number of hydrogen-bond donors (Lipinski definition) is 2. The largest absolute Gasteiger partial charge is 0.506 e. The van der Waals surface area contributed by atoms with Crippen molar-refractivity contribution in [3.8, 4) is 5.75 Å². The van der Waals surface area contributed by atoms with Gasteiger partial charge in [0.2, 0.25) is 0 Å². The van der Waals surface area contributed by atoms with Gasteiger partial charge in [0.25, 0.3) is 0 Å². The van der Waals surface area contributed by atoms with Crippen molar-refractivity contribution >= 4 is 23.1 Å². The molecule has 0 aliphatic rings. The zero-order valence-corrected chi connectivity index (χ0v) is 8.75. The van der Waals surface area contributed by atoms with Gasteiger partial charge in [-0.05, 0) is 24.1 Å². The summed E-state index contributed by atoms with van der Waals surface area (Å²) in [6.07, 6.45) is 0.878. The van der Waals surface area contributed by atoms with Crippen LogP contribution in [0.3, 0.4) is 0 Å². The zero-order valence-electron chi connectivity index (χ0n) is 8.00. The molecule has 14 heavy (non-hydrogen) atoms. The predicted octanol–water partition coefficient (Wildman–Crippen LogP) is 2.18. The summed E-state index contributed by atoms with van der Waals surface area (Å²) in [5, 5.41) is 9.56. The van der Waals surface area contributed by atoms with Crippen molar-refractivity contribution in [2.75, 3.05) is 5.88 Å². The molecule has 0 unspecified atom stereocenters. The highest BCUT2D eigenvalue weighted by Gasteiger charge is 2.01. The van der Waals surface area contributed by atoms with Crippen LogP contribution in [0.25, 0.3) is 0 Å². The number of rotatable bonds is 3. The minimum atomic E-state index is 0.136. The second-order valence-electron chi connectivity index (χ2n) is 2.91. The quantitative estimate of drug-likeness (QED) is 0.458. The number of nitrogens with zero attached hydrogens (tertiary/aromatic N) is 1. The summed E-state index contributed by atoms with van der Waals surface area (Å²) in [7, 11) is 0. The molecule has 1 aromatic carbocycles. The molecule has 76 valence electrons. The number of aryl methyl sites for hydroxylation is 1. The second-order valence-corrected chi connectivity index (χ2v) is 3.18. The standard InChI is InChI=1S/C10H13ClN2O/c1-2-7-3-4-8(9(14)5-7)13-10(12)6-11/h3-5,14H,2,6H2,1H3,(H2,12,13). The van der Waals surface area contributed by atoms with E-state index in [-0.39, 0.29) is 11.6 Å². The molecule has 0 saturated carbocycles. The maximum absolute atomic E-state index is 9.56. The highest BCUT2D eigenvalue weighted by molar-refractivity contribution is 6.28. The van der Waals surface area contributed by atoms with Gasteiger partial charge in [-0.2, -0.15) is 0 Å². The van der Waals surface area contributed by atoms with Crippen LogP contribution in [0.2, 0.25) is 0 Å². The number of benzene rings is 1. The minimum absolute atomic E-state index is 0.136. The molecule has 4 heteroatoms. The van der Waals surface area contributed by atoms with Crippen LogP contribution in [0.4, 0.5) is 5.69 Å². The lowest BCUT2D eigenvalue weighted by atomic mass is 10.1. The number of aliphatic imine (C=N–C) groups is 1. The van der Waals surface area contributed by atoms with Crippen molar-refractivity contribution in [1.29, 1.82) is 0 Å². The lowest BCUT2D eigenvalue weighted by Crippen LogP contribution is -2.12. The van der Waals surface area contributed by atoms with E-state index in [4.69, 9.17) is 17.3 Å². The van der Waals surface area contributed by atoms with E-state index in [1.54, 1.807) is 12.1 Å². The van der Waals surface area contributed by atoms with Crippen LogP contribution in [0.15, 0.2) is 23.2 Å². The Kier molecular flexibility index (Phi) is 3.77. The first-order valence-corrected chi connectivity index (χ1v) is 4.91. The van der Waals surface area contributed by atoms with Gasteiger partial charge in [-0.1, -0.05) is 13.0 Å². The Bertz CT molecular complexity index is 350. The summed E-state index contributed by atoms with van der Waals surface area (Å²) in [4.78, 5) is 3.96. The van der Waals surface area contributed by atoms with Gasteiger partial charge >= 0.3 is 0 Å². The topological polar surface area (TPSA) is 58.6 Å². The summed E-state index contributed by atoms with van der Waals surface area (Å²) in [5.41, 5.74) is 6.97. The van der Waals surface area contributed by atoms with Crippen LogP contribution in [-0.2, 0) is 6.42 Å². The lowest BCUT2D eigenvalue weighted by molar-refractivity contribution is 0.476. The van der Waals surface area contributed by atoms with Gasteiger partial charge in [-0.25, -0.2) is 4.99 Å². The monoisotopic (exact) mass is 212 g/mol. The Morgan fingerprint density at radius 1 is 1.57 bits per heavy atom. The first-order chi connectivity index (χ1) is 6.67. The Morgan fingerprint density at radius 3 is 2.79 bits per heavy atom. The highest BCUT2D eigenvalue weighted by atomic mass is 35.5. The van der Waals surface area contributed by atoms with E-state index in [0.29, 0.717) is 11.5 Å². The van der Waals surface area contributed by atoms with Crippen molar-refractivity contribution in [3.05, 3.63) is 23.8 Å². The van der Waals surface area contributed by atoms with E-state index in [2.05, 4.69) is 4.99 Å². The molecule has 0 radical (unpaired) electrons. The van der Waals surface area contributed by atoms with Gasteiger partial charge in [0.15, 0.2) is 0 Å². The molecule has 1 aromatic rings. The molecular weight excluding hydrogens is 200 g/mol. The number of alkyl halides is 1. The molecule has 0 spiro atoms. The van der Waals surface area contributed by atoms with Gasteiger partial charge < -0.3 is 10.8 Å². The van der Waals surface area contributed by atoms with Crippen molar-refractivity contribution in [2.45, 2.75) is 13.3 Å². The molecule has 0 bridgehead atoms. The van der Waals surface area contributed by atoms with E-state index in [1.807, 2.05) is 13.0 Å². The molecule has 0 atom stereocenters. The van der Waals surface area contributed by atoms with Crippen LogP contribution in [0.1, 0.15) is 12.5 Å². The Morgan fingerprint density at radius 2 is 2.29 bits per heavy atom. The summed E-state index contributed by atoms with van der Waals surface area (Å²) in [6.45, 7) is 2.02. The van der Waals surface area contributed by atoms with Crippen molar-refractivity contribution < 1.29 is 5.11 Å². The maximum atomic E-state index is 9.56. The average Bonchev–Trinajstić information content (AvgIpc) is 2.20. The third kappa shape index (κ3) is 2.64. The fourth-order valence-corrected chi connectivity index (χ4v) is 1.13. The number of amidine groups is 1.